The molecule has 2 rings (SSSR count). The Balaban J connectivity index is 2.24. The minimum Gasteiger partial charge on any atom is -0.481 e. The average molecular weight is 251 g/mol. The molecular formula is C12H11ClN2O2. The second kappa shape index (κ2) is 5.01. The standard InChI is InChI=1S/C12H11ClN2O2/c13-10-3-1-9(2-4-10)11-7-14-8-15(11)6-5-12(16)17/h1-4,7-8H,5-6H2,(H,16,17). The van der Waals surface area contributed by atoms with Gasteiger partial charge in [0.15, 0.2) is 0 Å². The normalized spacial score (nSPS) is 10.4. The molecule has 2 aromatic rings. The van der Waals surface area contributed by atoms with Crippen LogP contribution in [-0.4, -0.2) is 20.6 Å². The summed E-state index contributed by atoms with van der Waals surface area (Å²) in [6.45, 7) is 0.410. The van der Waals surface area contributed by atoms with Gasteiger partial charge >= 0.3 is 5.97 Å². The van der Waals surface area contributed by atoms with Gasteiger partial charge in [-0.25, -0.2) is 4.98 Å². The molecule has 0 atom stereocenters. The zero-order valence-corrected chi connectivity index (χ0v) is 9.76. The third kappa shape index (κ3) is 2.85. The van der Waals surface area contributed by atoms with E-state index >= 15 is 0 Å². The molecule has 0 unspecified atom stereocenters. The van der Waals surface area contributed by atoms with Crippen LogP contribution in [0, 0.1) is 0 Å². The minimum absolute atomic E-state index is 0.0803. The highest BCUT2D eigenvalue weighted by atomic mass is 35.5. The third-order valence-electron chi connectivity index (χ3n) is 2.42. The molecule has 0 aliphatic carbocycles. The van der Waals surface area contributed by atoms with Gasteiger partial charge in [0.2, 0.25) is 0 Å². The van der Waals surface area contributed by atoms with Crippen LogP contribution in [0.2, 0.25) is 5.02 Å². The molecule has 0 aliphatic rings. The Bertz CT molecular complexity index is 520. The molecule has 1 N–H and O–H groups in total. The lowest BCUT2D eigenvalue weighted by atomic mass is 10.1. The molecule has 0 radical (unpaired) electrons. The van der Waals surface area contributed by atoms with Crippen molar-refractivity contribution in [2.75, 3.05) is 0 Å². The maximum absolute atomic E-state index is 10.5. The van der Waals surface area contributed by atoms with Crippen molar-refractivity contribution in [3.63, 3.8) is 0 Å². The monoisotopic (exact) mass is 250 g/mol. The summed E-state index contributed by atoms with van der Waals surface area (Å²) in [7, 11) is 0. The van der Waals surface area contributed by atoms with Gasteiger partial charge in [0, 0.05) is 11.6 Å². The zero-order chi connectivity index (χ0) is 12.3. The van der Waals surface area contributed by atoms with E-state index in [0.29, 0.717) is 11.6 Å². The van der Waals surface area contributed by atoms with Crippen LogP contribution in [0.5, 0.6) is 0 Å². The lowest BCUT2D eigenvalue weighted by Crippen LogP contribution is -2.04. The highest BCUT2D eigenvalue weighted by Gasteiger charge is 2.06. The minimum atomic E-state index is -0.819. The van der Waals surface area contributed by atoms with Crippen LogP contribution in [0.15, 0.2) is 36.8 Å². The van der Waals surface area contributed by atoms with E-state index in [-0.39, 0.29) is 6.42 Å². The molecule has 0 bridgehead atoms. The van der Waals surface area contributed by atoms with E-state index in [1.807, 2.05) is 16.7 Å². The largest absolute Gasteiger partial charge is 0.481 e. The van der Waals surface area contributed by atoms with Crippen molar-refractivity contribution < 1.29 is 9.90 Å². The van der Waals surface area contributed by atoms with Gasteiger partial charge in [0.1, 0.15) is 0 Å². The second-order valence-corrected chi connectivity index (χ2v) is 4.06. The first-order valence-corrected chi connectivity index (χ1v) is 5.52. The number of nitrogens with zero attached hydrogens (tertiary/aromatic N) is 2. The molecule has 88 valence electrons. The smallest absolute Gasteiger partial charge is 0.305 e. The predicted octanol–water partition coefficient (Wildman–Crippen LogP) is 2.68. The molecular weight excluding hydrogens is 240 g/mol. The van der Waals surface area contributed by atoms with E-state index in [1.165, 1.54) is 0 Å². The van der Waals surface area contributed by atoms with Crippen molar-refractivity contribution in [3.05, 3.63) is 41.8 Å². The van der Waals surface area contributed by atoms with Crippen molar-refractivity contribution in [2.24, 2.45) is 0 Å². The Morgan fingerprint density at radius 2 is 2.06 bits per heavy atom. The average Bonchev–Trinajstić information content (AvgIpc) is 2.75. The Morgan fingerprint density at radius 3 is 2.71 bits per heavy atom. The fourth-order valence-corrected chi connectivity index (χ4v) is 1.70. The van der Waals surface area contributed by atoms with Crippen LogP contribution < -0.4 is 0 Å². The van der Waals surface area contributed by atoms with Gasteiger partial charge in [-0.3, -0.25) is 4.79 Å². The van der Waals surface area contributed by atoms with E-state index in [2.05, 4.69) is 4.98 Å². The Hall–Kier alpha value is -1.81. The molecule has 17 heavy (non-hydrogen) atoms. The number of hydrogen-bond acceptors (Lipinski definition) is 2. The first kappa shape index (κ1) is 11.7. The molecule has 0 saturated heterocycles. The lowest BCUT2D eigenvalue weighted by Gasteiger charge is -2.06. The zero-order valence-electron chi connectivity index (χ0n) is 9.01. The molecule has 4 nitrogen and oxygen atoms in total. The first-order chi connectivity index (χ1) is 8.16. The summed E-state index contributed by atoms with van der Waals surface area (Å²) in [5, 5.41) is 9.33. The number of aliphatic carboxylic acids is 1. The predicted molar refractivity (Wildman–Crippen MR) is 64.9 cm³/mol. The van der Waals surface area contributed by atoms with Crippen LogP contribution in [0.1, 0.15) is 6.42 Å². The quantitative estimate of drug-likeness (QED) is 0.908. The number of rotatable bonds is 4. The topological polar surface area (TPSA) is 55.1 Å². The summed E-state index contributed by atoms with van der Waals surface area (Å²) in [4.78, 5) is 14.6. The molecule has 0 amide bonds. The number of carboxylic acids is 1. The number of halogens is 1. The van der Waals surface area contributed by atoms with E-state index < -0.39 is 5.97 Å². The highest BCUT2D eigenvalue weighted by molar-refractivity contribution is 6.30. The van der Waals surface area contributed by atoms with Crippen LogP contribution in [0.3, 0.4) is 0 Å². The van der Waals surface area contributed by atoms with Crippen molar-refractivity contribution in [2.45, 2.75) is 13.0 Å². The number of aromatic nitrogens is 2. The number of aryl methyl sites for hydroxylation is 1. The number of benzene rings is 1. The number of carboxylic acid groups (broad SMARTS) is 1. The van der Waals surface area contributed by atoms with Gasteiger partial charge in [-0.2, -0.15) is 0 Å². The summed E-state index contributed by atoms with van der Waals surface area (Å²) >= 11 is 5.82. The fourth-order valence-electron chi connectivity index (χ4n) is 1.58. The third-order valence-corrected chi connectivity index (χ3v) is 2.67. The molecule has 5 heteroatoms. The maximum Gasteiger partial charge on any atom is 0.305 e. The number of imidazole rings is 1. The Kier molecular flexibility index (Phi) is 3.44. The molecule has 1 heterocycles. The van der Waals surface area contributed by atoms with Crippen molar-refractivity contribution >= 4 is 17.6 Å². The lowest BCUT2D eigenvalue weighted by molar-refractivity contribution is -0.137. The SMILES string of the molecule is O=C(O)CCn1cncc1-c1ccc(Cl)cc1. The van der Waals surface area contributed by atoms with Crippen LogP contribution in [0.25, 0.3) is 11.3 Å². The number of carbonyl (C=O) groups is 1. The van der Waals surface area contributed by atoms with Crippen LogP contribution in [0.4, 0.5) is 0 Å². The molecule has 0 saturated carbocycles. The van der Waals surface area contributed by atoms with Crippen molar-refractivity contribution in [3.8, 4) is 11.3 Å². The summed E-state index contributed by atoms with van der Waals surface area (Å²) < 4.78 is 1.82. The van der Waals surface area contributed by atoms with Gasteiger partial charge < -0.3 is 9.67 Å². The van der Waals surface area contributed by atoms with E-state index in [4.69, 9.17) is 16.7 Å². The Morgan fingerprint density at radius 1 is 1.35 bits per heavy atom. The second-order valence-electron chi connectivity index (χ2n) is 3.62. The number of hydrogen-bond donors (Lipinski definition) is 1. The maximum atomic E-state index is 10.5. The van der Waals surface area contributed by atoms with Crippen LogP contribution >= 0.6 is 11.6 Å². The van der Waals surface area contributed by atoms with Crippen molar-refractivity contribution in [1.29, 1.82) is 0 Å². The van der Waals surface area contributed by atoms with E-state index in [9.17, 15) is 4.79 Å². The molecule has 0 aliphatic heterocycles. The first-order valence-electron chi connectivity index (χ1n) is 5.14. The Labute approximate surface area is 103 Å². The van der Waals surface area contributed by atoms with Gasteiger partial charge in [-0.1, -0.05) is 23.7 Å². The van der Waals surface area contributed by atoms with Crippen LogP contribution in [-0.2, 0) is 11.3 Å². The van der Waals surface area contributed by atoms with Gasteiger partial charge in [-0.15, -0.1) is 0 Å². The van der Waals surface area contributed by atoms with Gasteiger partial charge in [0.05, 0.1) is 24.6 Å². The van der Waals surface area contributed by atoms with Crippen molar-refractivity contribution in [1.82, 2.24) is 9.55 Å². The van der Waals surface area contributed by atoms with E-state index in [1.54, 1.807) is 24.7 Å². The van der Waals surface area contributed by atoms with Gasteiger partial charge in [0.25, 0.3) is 0 Å². The fraction of sp³-hybridized carbons (Fsp3) is 0.167. The molecule has 1 aromatic heterocycles. The molecule has 0 spiro atoms. The summed E-state index contributed by atoms with van der Waals surface area (Å²) in [5.74, 6) is -0.819. The summed E-state index contributed by atoms with van der Waals surface area (Å²) in [5.41, 5.74) is 1.86. The highest BCUT2D eigenvalue weighted by Crippen LogP contribution is 2.21. The molecule has 0 fully saturated rings. The van der Waals surface area contributed by atoms with E-state index in [0.717, 1.165) is 11.3 Å². The molecule has 1 aromatic carbocycles. The summed E-state index contributed by atoms with van der Waals surface area (Å²) in [6.07, 6.45) is 3.43. The summed E-state index contributed by atoms with van der Waals surface area (Å²) in [6, 6.07) is 7.37. The van der Waals surface area contributed by atoms with Gasteiger partial charge in [-0.05, 0) is 17.7 Å².